The average Bonchev–Trinajstić information content (AvgIpc) is 2.39. The smallest absolute Gasteiger partial charge is 0.339 e. The van der Waals surface area contributed by atoms with Gasteiger partial charge < -0.3 is 10.4 Å². The van der Waals surface area contributed by atoms with Crippen molar-refractivity contribution in [2.45, 2.75) is 0 Å². The molecule has 0 saturated heterocycles. The number of anilines is 2. The Bertz CT molecular complexity index is 680. The van der Waals surface area contributed by atoms with E-state index in [1.54, 1.807) is 6.07 Å². The van der Waals surface area contributed by atoms with E-state index in [9.17, 15) is 9.18 Å². The first-order chi connectivity index (χ1) is 9.13. The van der Waals surface area contributed by atoms with E-state index in [0.717, 1.165) is 6.07 Å². The normalized spacial score (nSPS) is 9.68. The van der Waals surface area contributed by atoms with E-state index in [4.69, 9.17) is 10.4 Å². The van der Waals surface area contributed by atoms with E-state index in [1.165, 1.54) is 30.5 Å². The van der Waals surface area contributed by atoms with Crippen LogP contribution in [0.1, 0.15) is 15.9 Å². The number of aromatic nitrogens is 1. The van der Waals surface area contributed by atoms with Crippen LogP contribution in [-0.2, 0) is 0 Å². The number of nitriles is 1. The van der Waals surface area contributed by atoms with Crippen LogP contribution in [0.4, 0.5) is 15.9 Å². The van der Waals surface area contributed by atoms with Gasteiger partial charge in [0.2, 0.25) is 0 Å². The van der Waals surface area contributed by atoms with Crippen LogP contribution in [0.5, 0.6) is 0 Å². The van der Waals surface area contributed by atoms with Crippen LogP contribution < -0.4 is 5.32 Å². The molecule has 5 nitrogen and oxygen atoms in total. The molecule has 2 rings (SSSR count). The summed E-state index contributed by atoms with van der Waals surface area (Å²) in [4.78, 5) is 14.9. The van der Waals surface area contributed by atoms with Crippen molar-refractivity contribution in [2.75, 3.05) is 5.32 Å². The SMILES string of the molecule is N#Cc1c(F)cccc1Nc1ncccc1C(=O)O. The highest BCUT2D eigenvalue weighted by molar-refractivity contribution is 5.94. The molecule has 0 saturated carbocycles. The van der Waals surface area contributed by atoms with Gasteiger partial charge in [0.05, 0.1) is 5.69 Å². The molecule has 0 aliphatic rings. The van der Waals surface area contributed by atoms with Crippen LogP contribution in [0.25, 0.3) is 0 Å². The maximum atomic E-state index is 13.4. The van der Waals surface area contributed by atoms with Crippen molar-refractivity contribution in [1.82, 2.24) is 4.98 Å². The largest absolute Gasteiger partial charge is 0.478 e. The van der Waals surface area contributed by atoms with Crippen molar-refractivity contribution in [2.24, 2.45) is 0 Å². The summed E-state index contributed by atoms with van der Waals surface area (Å²) >= 11 is 0. The van der Waals surface area contributed by atoms with E-state index in [1.807, 2.05) is 0 Å². The van der Waals surface area contributed by atoms with Crippen LogP contribution in [0, 0.1) is 17.1 Å². The lowest BCUT2D eigenvalue weighted by Crippen LogP contribution is -2.05. The molecular formula is C13H8FN3O2. The van der Waals surface area contributed by atoms with Gasteiger partial charge in [-0.15, -0.1) is 0 Å². The van der Waals surface area contributed by atoms with E-state index in [2.05, 4.69) is 10.3 Å². The minimum absolute atomic E-state index is 0.0529. The van der Waals surface area contributed by atoms with Crippen LogP contribution in [0.2, 0.25) is 0 Å². The Balaban J connectivity index is 2.46. The lowest BCUT2D eigenvalue weighted by Gasteiger charge is -2.09. The molecule has 1 heterocycles. The average molecular weight is 257 g/mol. The standard InChI is InChI=1S/C13H8FN3O2/c14-10-4-1-5-11(9(10)7-15)17-12-8(13(18)19)3-2-6-16-12/h1-6H,(H,16,17)(H,18,19). The van der Waals surface area contributed by atoms with Crippen molar-refractivity contribution in [3.8, 4) is 6.07 Å². The quantitative estimate of drug-likeness (QED) is 0.882. The van der Waals surface area contributed by atoms with Gasteiger partial charge in [-0.25, -0.2) is 14.2 Å². The van der Waals surface area contributed by atoms with E-state index < -0.39 is 11.8 Å². The van der Waals surface area contributed by atoms with Crippen molar-refractivity contribution in [3.63, 3.8) is 0 Å². The predicted octanol–water partition coefficient (Wildman–Crippen LogP) is 2.53. The van der Waals surface area contributed by atoms with Crippen LogP contribution >= 0.6 is 0 Å². The molecule has 0 fully saturated rings. The summed E-state index contributed by atoms with van der Waals surface area (Å²) in [6, 6.07) is 8.61. The zero-order chi connectivity index (χ0) is 13.8. The third-order valence-electron chi connectivity index (χ3n) is 2.42. The van der Waals surface area contributed by atoms with Gasteiger partial charge in [0.25, 0.3) is 0 Å². The molecule has 2 aromatic rings. The lowest BCUT2D eigenvalue weighted by molar-refractivity contribution is 0.0697. The molecular weight excluding hydrogens is 249 g/mol. The Labute approximate surface area is 108 Å². The minimum Gasteiger partial charge on any atom is -0.478 e. The van der Waals surface area contributed by atoms with Gasteiger partial charge in [-0.05, 0) is 24.3 Å². The van der Waals surface area contributed by atoms with Gasteiger partial charge in [0.1, 0.15) is 28.8 Å². The molecule has 0 bridgehead atoms. The molecule has 0 spiro atoms. The third kappa shape index (κ3) is 2.50. The second-order valence-corrected chi connectivity index (χ2v) is 3.60. The molecule has 0 atom stereocenters. The molecule has 19 heavy (non-hydrogen) atoms. The van der Waals surface area contributed by atoms with Crippen LogP contribution in [-0.4, -0.2) is 16.1 Å². The number of nitrogens with zero attached hydrogens (tertiary/aromatic N) is 2. The number of carbonyl (C=O) groups is 1. The summed E-state index contributed by atoms with van der Waals surface area (Å²) in [5.74, 6) is -1.79. The number of rotatable bonds is 3. The zero-order valence-electron chi connectivity index (χ0n) is 9.59. The maximum Gasteiger partial charge on any atom is 0.339 e. The Kier molecular flexibility index (Phi) is 3.39. The number of hydrogen-bond donors (Lipinski definition) is 2. The maximum absolute atomic E-state index is 13.4. The van der Waals surface area contributed by atoms with Gasteiger partial charge in [-0.3, -0.25) is 0 Å². The number of carboxylic acids is 1. The number of pyridine rings is 1. The molecule has 6 heteroatoms. The number of hydrogen-bond acceptors (Lipinski definition) is 4. The third-order valence-corrected chi connectivity index (χ3v) is 2.42. The second kappa shape index (κ2) is 5.14. The first kappa shape index (κ1) is 12.5. The summed E-state index contributed by atoms with van der Waals surface area (Å²) in [5.41, 5.74) is -0.0798. The number of aromatic carboxylic acids is 1. The molecule has 1 aromatic carbocycles. The summed E-state index contributed by atoms with van der Waals surface area (Å²) in [6.45, 7) is 0. The van der Waals surface area contributed by atoms with Crippen molar-refractivity contribution < 1.29 is 14.3 Å². The Morgan fingerprint density at radius 1 is 1.37 bits per heavy atom. The number of benzene rings is 1. The first-order valence-corrected chi connectivity index (χ1v) is 5.27. The van der Waals surface area contributed by atoms with Gasteiger partial charge in [-0.2, -0.15) is 5.26 Å². The summed E-state index contributed by atoms with van der Waals surface area (Å²) in [5, 5.41) is 20.6. The molecule has 0 amide bonds. The lowest BCUT2D eigenvalue weighted by atomic mass is 10.1. The Morgan fingerprint density at radius 3 is 2.84 bits per heavy atom. The number of nitrogens with one attached hydrogen (secondary N) is 1. The van der Waals surface area contributed by atoms with E-state index >= 15 is 0 Å². The Morgan fingerprint density at radius 2 is 2.16 bits per heavy atom. The summed E-state index contributed by atoms with van der Waals surface area (Å²) in [7, 11) is 0. The monoisotopic (exact) mass is 257 g/mol. The van der Waals surface area contributed by atoms with Crippen molar-refractivity contribution >= 4 is 17.5 Å². The fraction of sp³-hybridized carbons (Fsp3) is 0. The van der Waals surface area contributed by atoms with Crippen molar-refractivity contribution in [1.29, 1.82) is 5.26 Å². The molecule has 0 unspecified atom stereocenters. The highest BCUT2D eigenvalue weighted by Gasteiger charge is 2.13. The first-order valence-electron chi connectivity index (χ1n) is 5.27. The van der Waals surface area contributed by atoms with Crippen LogP contribution in [0.3, 0.4) is 0 Å². The van der Waals surface area contributed by atoms with E-state index in [-0.39, 0.29) is 22.6 Å². The molecule has 1 aromatic heterocycles. The summed E-state index contributed by atoms with van der Waals surface area (Å²) < 4.78 is 13.4. The van der Waals surface area contributed by atoms with Gasteiger partial charge in [0.15, 0.2) is 0 Å². The minimum atomic E-state index is -1.16. The number of carboxylic acid groups (broad SMARTS) is 1. The fourth-order valence-corrected chi connectivity index (χ4v) is 1.55. The number of halogens is 1. The van der Waals surface area contributed by atoms with Crippen LogP contribution in [0.15, 0.2) is 36.5 Å². The van der Waals surface area contributed by atoms with Gasteiger partial charge >= 0.3 is 5.97 Å². The highest BCUT2D eigenvalue weighted by atomic mass is 19.1. The molecule has 0 radical (unpaired) electrons. The van der Waals surface area contributed by atoms with Gasteiger partial charge in [-0.1, -0.05) is 6.07 Å². The second-order valence-electron chi connectivity index (χ2n) is 3.60. The van der Waals surface area contributed by atoms with E-state index in [0.29, 0.717) is 0 Å². The highest BCUT2D eigenvalue weighted by Crippen LogP contribution is 2.23. The topological polar surface area (TPSA) is 86.0 Å². The molecule has 94 valence electrons. The summed E-state index contributed by atoms with van der Waals surface area (Å²) in [6.07, 6.45) is 1.40. The van der Waals surface area contributed by atoms with Gasteiger partial charge in [0, 0.05) is 6.20 Å². The fourth-order valence-electron chi connectivity index (χ4n) is 1.55. The zero-order valence-corrected chi connectivity index (χ0v) is 9.59. The molecule has 2 N–H and O–H groups in total. The molecule has 0 aliphatic carbocycles. The predicted molar refractivity (Wildman–Crippen MR) is 65.6 cm³/mol. The Hall–Kier alpha value is -2.94. The van der Waals surface area contributed by atoms with Crippen molar-refractivity contribution in [3.05, 3.63) is 53.5 Å². The molecule has 0 aliphatic heterocycles.